The molecule has 1 N–H and O–H groups in total. The third-order valence-electron chi connectivity index (χ3n) is 5.54. The van der Waals surface area contributed by atoms with Gasteiger partial charge >= 0.3 is 0 Å². The van der Waals surface area contributed by atoms with Crippen LogP contribution in [0.5, 0.6) is 0 Å². The van der Waals surface area contributed by atoms with E-state index in [9.17, 15) is 13.6 Å². The van der Waals surface area contributed by atoms with Crippen LogP contribution in [0.3, 0.4) is 0 Å². The van der Waals surface area contributed by atoms with Gasteiger partial charge in [0.2, 0.25) is 0 Å². The zero-order valence-corrected chi connectivity index (χ0v) is 17.1. The smallest absolute Gasteiger partial charge is 0.272 e. The minimum absolute atomic E-state index is 0.223. The van der Waals surface area contributed by atoms with Gasteiger partial charge in [-0.05, 0) is 42.5 Å². The monoisotopic (exact) mass is 434 g/mol. The van der Waals surface area contributed by atoms with E-state index in [0.717, 1.165) is 5.39 Å². The maximum absolute atomic E-state index is 14.1. The number of nitrogens with zero attached hydrogens (tertiary/aromatic N) is 3. The van der Waals surface area contributed by atoms with Gasteiger partial charge in [0.15, 0.2) is 0 Å². The van der Waals surface area contributed by atoms with Gasteiger partial charge in [-0.3, -0.25) is 4.79 Å². The van der Waals surface area contributed by atoms with Gasteiger partial charge < -0.3 is 19.5 Å². The van der Waals surface area contributed by atoms with Gasteiger partial charge in [-0.1, -0.05) is 12.1 Å². The van der Waals surface area contributed by atoms with E-state index in [1.165, 1.54) is 24.5 Å². The molecule has 8 heteroatoms. The lowest BCUT2D eigenvalue weighted by Gasteiger charge is -2.36. The molecule has 0 saturated carbocycles. The molecule has 0 unspecified atom stereocenters. The molecule has 4 aromatic rings. The summed E-state index contributed by atoms with van der Waals surface area (Å²) in [7, 11) is 0. The topological polar surface area (TPSA) is 61.6 Å². The zero-order chi connectivity index (χ0) is 22.1. The summed E-state index contributed by atoms with van der Waals surface area (Å²) in [6.07, 6.45) is 1.53. The van der Waals surface area contributed by atoms with Crippen molar-refractivity contribution < 1.29 is 18.0 Å². The highest BCUT2D eigenvalue weighted by Gasteiger charge is 2.25. The number of para-hydroxylation sites is 1. The van der Waals surface area contributed by atoms with Crippen molar-refractivity contribution in [2.45, 2.75) is 0 Å². The molecule has 2 aromatic heterocycles. The predicted molar refractivity (Wildman–Crippen MR) is 118 cm³/mol. The predicted octanol–water partition coefficient (Wildman–Crippen LogP) is 4.81. The van der Waals surface area contributed by atoms with Crippen molar-refractivity contribution in [3.8, 4) is 0 Å². The van der Waals surface area contributed by atoms with Crippen LogP contribution < -0.4 is 10.2 Å². The van der Waals surface area contributed by atoms with E-state index in [0.29, 0.717) is 49.0 Å². The Morgan fingerprint density at radius 3 is 2.47 bits per heavy atom. The summed E-state index contributed by atoms with van der Waals surface area (Å²) in [5.74, 6) is -0.376. The van der Waals surface area contributed by atoms with Crippen LogP contribution in [0.1, 0.15) is 10.5 Å². The molecular formula is C24H20F2N4O2. The summed E-state index contributed by atoms with van der Waals surface area (Å²) in [4.78, 5) is 21.3. The average molecular weight is 434 g/mol. The number of hydrogen-bond donors (Lipinski definition) is 1. The Morgan fingerprint density at radius 2 is 1.72 bits per heavy atom. The number of amides is 1. The van der Waals surface area contributed by atoms with Gasteiger partial charge in [-0.25, -0.2) is 13.8 Å². The lowest BCUT2D eigenvalue weighted by molar-refractivity contribution is 0.0741. The average Bonchev–Trinajstić information content (AvgIpc) is 3.30. The minimum atomic E-state index is -0.338. The van der Waals surface area contributed by atoms with Gasteiger partial charge in [0.1, 0.15) is 28.7 Å². The quantitative estimate of drug-likeness (QED) is 0.499. The Morgan fingerprint density at radius 1 is 0.969 bits per heavy atom. The number of furan rings is 1. The van der Waals surface area contributed by atoms with Crippen molar-refractivity contribution in [2.75, 3.05) is 36.4 Å². The zero-order valence-electron chi connectivity index (χ0n) is 17.1. The summed E-state index contributed by atoms with van der Waals surface area (Å²) in [6.45, 7) is 1.95. The maximum atomic E-state index is 14.1. The Hall–Kier alpha value is -3.94. The molecule has 5 rings (SSSR count). The van der Waals surface area contributed by atoms with Crippen molar-refractivity contribution in [3.05, 3.63) is 84.3 Å². The molecule has 2 aromatic carbocycles. The van der Waals surface area contributed by atoms with Gasteiger partial charge in [0.25, 0.3) is 5.91 Å². The SMILES string of the molecule is O=C(c1cc2occc2c(Nc2ccc(F)cc2)n1)N1CCN(c2ccccc2F)CC1. The van der Waals surface area contributed by atoms with Crippen molar-refractivity contribution >= 4 is 34.1 Å². The molecule has 1 saturated heterocycles. The first-order valence-corrected chi connectivity index (χ1v) is 10.3. The third-order valence-corrected chi connectivity index (χ3v) is 5.54. The van der Waals surface area contributed by atoms with Crippen LogP contribution in [-0.2, 0) is 0 Å². The lowest BCUT2D eigenvalue weighted by Crippen LogP contribution is -2.49. The molecule has 1 aliphatic rings. The van der Waals surface area contributed by atoms with Gasteiger partial charge in [0.05, 0.1) is 17.3 Å². The maximum Gasteiger partial charge on any atom is 0.272 e. The van der Waals surface area contributed by atoms with Crippen LogP contribution in [0.2, 0.25) is 0 Å². The molecule has 162 valence electrons. The molecule has 0 bridgehead atoms. The molecule has 6 nitrogen and oxygen atoms in total. The standard InChI is InChI=1S/C24H20F2N4O2/c25-16-5-7-17(8-6-16)27-23-18-9-14-32-22(18)15-20(28-23)24(31)30-12-10-29(11-13-30)21-4-2-1-3-19(21)26/h1-9,14-15H,10-13H2,(H,27,28). The van der Waals surface area contributed by atoms with Crippen molar-refractivity contribution in [2.24, 2.45) is 0 Å². The minimum Gasteiger partial charge on any atom is -0.464 e. The van der Waals surface area contributed by atoms with Gasteiger partial charge in [-0.15, -0.1) is 0 Å². The van der Waals surface area contributed by atoms with Crippen LogP contribution in [-0.4, -0.2) is 42.0 Å². The number of anilines is 3. The molecule has 0 atom stereocenters. The molecule has 3 heterocycles. The van der Waals surface area contributed by atoms with E-state index in [1.54, 1.807) is 47.4 Å². The normalized spacial score (nSPS) is 14.1. The van der Waals surface area contributed by atoms with E-state index in [2.05, 4.69) is 10.3 Å². The van der Waals surface area contributed by atoms with Crippen LogP contribution >= 0.6 is 0 Å². The Kier molecular flexibility index (Phi) is 5.18. The number of fused-ring (bicyclic) bond motifs is 1. The number of aromatic nitrogens is 1. The van der Waals surface area contributed by atoms with Crippen molar-refractivity contribution in [3.63, 3.8) is 0 Å². The summed E-state index contributed by atoms with van der Waals surface area (Å²) in [6, 6.07) is 15.9. The molecular weight excluding hydrogens is 414 g/mol. The fourth-order valence-corrected chi connectivity index (χ4v) is 3.86. The van der Waals surface area contributed by atoms with E-state index in [1.807, 2.05) is 4.90 Å². The first-order valence-electron chi connectivity index (χ1n) is 10.3. The largest absolute Gasteiger partial charge is 0.464 e. The van der Waals surface area contributed by atoms with E-state index < -0.39 is 0 Å². The number of benzene rings is 2. The number of piperazine rings is 1. The van der Waals surface area contributed by atoms with E-state index in [4.69, 9.17) is 4.42 Å². The lowest BCUT2D eigenvalue weighted by atomic mass is 10.2. The fraction of sp³-hybridized carbons (Fsp3) is 0.167. The molecule has 0 spiro atoms. The van der Waals surface area contributed by atoms with Gasteiger partial charge in [-0.2, -0.15) is 0 Å². The number of nitrogens with one attached hydrogen (secondary N) is 1. The van der Waals surface area contributed by atoms with Crippen LogP contribution in [0, 0.1) is 11.6 Å². The highest BCUT2D eigenvalue weighted by Crippen LogP contribution is 2.28. The Balaban J connectivity index is 1.36. The Bertz CT molecular complexity index is 1260. The molecule has 0 radical (unpaired) electrons. The molecule has 32 heavy (non-hydrogen) atoms. The van der Waals surface area contributed by atoms with Crippen molar-refractivity contribution in [1.82, 2.24) is 9.88 Å². The second-order valence-corrected chi connectivity index (χ2v) is 7.55. The highest BCUT2D eigenvalue weighted by molar-refractivity contribution is 5.99. The van der Waals surface area contributed by atoms with E-state index >= 15 is 0 Å². The number of halogens is 2. The van der Waals surface area contributed by atoms with E-state index in [-0.39, 0.29) is 23.2 Å². The number of hydrogen-bond acceptors (Lipinski definition) is 5. The molecule has 0 aliphatic carbocycles. The molecule has 1 aliphatic heterocycles. The summed E-state index contributed by atoms with van der Waals surface area (Å²) in [5, 5.41) is 3.85. The van der Waals surface area contributed by atoms with Crippen LogP contribution in [0.15, 0.2) is 71.3 Å². The second-order valence-electron chi connectivity index (χ2n) is 7.55. The number of carbonyl (C=O) groups excluding carboxylic acids is 1. The number of carbonyl (C=O) groups is 1. The first-order chi connectivity index (χ1) is 15.6. The van der Waals surface area contributed by atoms with Crippen LogP contribution in [0.25, 0.3) is 11.0 Å². The molecule has 1 amide bonds. The van der Waals surface area contributed by atoms with Crippen molar-refractivity contribution in [1.29, 1.82) is 0 Å². The fourth-order valence-electron chi connectivity index (χ4n) is 3.86. The molecule has 1 fully saturated rings. The summed E-state index contributed by atoms with van der Waals surface area (Å²) >= 11 is 0. The second kappa shape index (κ2) is 8.30. The van der Waals surface area contributed by atoms with Crippen LogP contribution in [0.4, 0.5) is 26.0 Å². The van der Waals surface area contributed by atoms with Gasteiger partial charge in [0, 0.05) is 37.9 Å². The third kappa shape index (κ3) is 3.87. The number of rotatable bonds is 4. The summed E-state index contributed by atoms with van der Waals surface area (Å²) in [5.41, 5.74) is 1.96. The Labute approximate surface area is 183 Å². The highest BCUT2D eigenvalue weighted by atomic mass is 19.1. The number of pyridine rings is 1. The first kappa shape index (κ1) is 20.0. The summed E-state index contributed by atoms with van der Waals surface area (Å²) < 4.78 is 32.8.